The number of unbranched alkanes of at least 4 members (excludes halogenated alkanes) is 6. The van der Waals surface area contributed by atoms with Gasteiger partial charge in [0.1, 0.15) is 18.0 Å². The number of ether oxygens (including phenoxy) is 1. The van der Waals surface area contributed by atoms with Gasteiger partial charge in [-0.25, -0.2) is 4.79 Å². The molecule has 2 rings (SSSR count). The van der Waals surface area contributed by atoms with Gasteiger partial charge < -0.3 is 20.3 Å². The summed E-state index contributed by atoms with van der Waals surface area (Å²) in [5.41, 5.74) is -0.357. The SMILES string of the molecule is C=C1C(O)[C@@H](CO)O[C@H]1n1ccc(NC(=O)CCCCCCCCC)nc1=O. The second kappa shape index (κ2) is 11.1. The van der Waals surface area contributed by atoms with Crippen LogP contribution in [0.1, 0.15) is 64.5 Å². The maximum absolute atomic E-state index is 12.3. The number of amides is 1. The van der Waals surface area contributed by atoms with Crippen LogP contribution in [0.25, 0.3) is 0 Å². The van der Waals surface area contributed by atoms with Gasteiger partial charge in [0.05, 0.1) is 6.61 Å². The summed E-state index contributed by atoms with van der Waals surface area (Å²) in [4.78, 5) is 28.2. The summed E-state index contributed by atoms with van der Waals surface area (Å²) in [5.74, 6) is 0.00700. The fourth-order valence-electron chi connectivity index (χ4n) is 3.21. The number of nitrogens with zero attached hydrogens (tertiary/aromatic N) is 2. The molecule has 3 N–H and O–H groups in total. The normalized spacial score (nSPS) is 21.8. The van der Waals surface area contributed by atoms with E-state index < -0.39 is 24.1 Å². The first-order valence-electron chi connectivity index (χ1n) is 10.00. The number of aliphatic hydroxyl groups excluding tert-OH is 2. The van der Waals surface area contributed by atoms with Crippen molar-refractivity contribution in [1.82, 2.24) is 9.55 Å². The number of aromatic nitrogens is 2. The smallest absolute Gasteiger partial charge is 0.351 e. The van der Waals surface area contributed by atoms with Crippen LogP contribution in [0.4, 0.5) is 5.82 Å². The highest BCUT2D eigenvalue weighted by atomic mass is 16.5. The number of anilines is 1. The molecule has 0 aromatic carbocycles. The second-order valence-corrected chi connectivity index (χ2v) is 7.15. The number of rotatable bonds is 11. The average molecular weight is 393 g/mol. The molecule has 28 heavy (non-hydrogen) atoms. The summed E-state index contributed by atoms with van der Waals surface area (Å²) in [6, 6.07) is 1.50. The van der Waals surface area contributed by atoms with Gasteiger partial charge in [0.25, 0.3) is 0 Å². The Labute approximate surface area is 165 Å². The van der Waals surface area contributed by atoms with Crippen LogP contribution in [0.3, 0.4) is 0 Å². The molecule has 3 atom stereocenters. The lowest BCUT2D eigenvalue weighted by atomic mass is 10.1. The van der Waals surface area contributed by atoms with Crippen LogP contribution in [-0.2, 0) is 9.53 Å². The highest BCUT2D eigenvalue weighted by Crippen LogP contribution is 2.31. The molecule has 0 saturated carbocycles. The molecule has 156 valence electrons. The van der Waals surface area contributed by atoms with E-state index in [1.54, 1.807) is 0 Å². The average Bonchev–Trinajstić information content (AvgIpc) is 2.95. The molecular weight excluding hydrogens is 362 g/mol. The zero-order valence-corrected chi connectivity index (χ0v) is 16.5. The molecule has 1 fully saturated rings. The lowest BCUT2D eigenvalue weighted by molar-refractivity contribution is -0.116. The number of carbonyl (C=O) groups is 1. The summed E-state index contributed by atoms with van der Waals surface area (Å²) >= 11 is 0. The van der Waals surface area contributed by atoms with Crippen LogP contribution in [0.15, 0.2) is 29.2 Å². The largest absolute Gasteiger partial charge is 0.394 e. The third kappa shape index (κ3) is 5.98. The number of carbonyl (C=O) groups excluding carboxylic acids is 1. The molecule has 8 heteroatoms. The first-order chi connectivity index (χ1) is 13.5. The van der Waals surface area contributed by atoms with Crippen LogP contribution in [0.2, 0.25) is 0 Å². The number of hydrogen-bond acceptors (Lipinski definition) is 6. The topological polar surface area (TPSA) is 114 Å². The van der Waals surface area contributed by atoms with Crippen LogP contribution in [-0.4, -0.2) is 44.5 Å². The quantitative estimate of drug-likeness (QED) is 0.392. The van der Waals surface area contributed by atoms with Gasteiger partial charge in [-0.15, -0.1) is 0 Å². The zero-order chi connectivity index (χ0) is 20.5. The molecule has 0 aliphatic carbocycles. The van der Waals surface area contributed by atoms with Crippen molar-refractivity contribution in [3.05, 3.63) is 34.9 Å². The van der Waals surface area contributed by atoms with Crippen LogP contribution in [0.5, 0.6) is 0 Å². The molecule has 1 aliphatic rings. The van der Waals surface area contributed by atoms with E-state index in [1.165, 1.54) is 42.5 Å². The van der Waals surface area contributed by atoms with Gasteiger partial charge in [-0.2, -0.15) is 4.98 Å². The van der Waals surface area contributed by atoms with Gasteiger partial charge in [-0.05, 0) is 12.5 Å². The van der Waals surface area contributed by atoms with E-state index in [2.05, 4.69) is 23.8 Å². The lowest BCUT2D eigenvalue weighted by Crippen LogP contribution is -2.29. The van der Waals surface area contributed by atoms with Crippen LogP contribution < -0.4 is 11.0 Å². The van der Waals surface area contributed by atoms with E-state index in [1.807, 2.05) is 0 Å². The molecular formula is C20H31N3O5. The second-order valence-electron chi connectivity index (χ2n) is 7.15. The van der Waals surface area contributed by atoms with Crippen molar-refractivity contribution in [1.29, 1.82) is 0 Å². The van der Waals surface area contributed by atoms with Crippen molar-refractivity contribution < 1.29 is 19.7 Å². The molecule has 1 aliphatic heterocycles. The number of nitrogens with one attached hydrogen (secondary N) is 1. The lowest BCUT2D eigenvalue weighted by Gasteiger charge is -2.15. The van der Waals surface area contributed by atoms with Crippen molar-refractivity contribution in [2.24, 2.45) is 0 Å². The molecule has 1 aromatic heterocycles. The Bertz CT molecular complexity index is 718. The van der Waals surface area contributed by atoms with Crippen molar-refractivity contribution in [3.63, 3.8) is 0 Å². The predicted molar refractivity (Wildman–Crippen MR) is 106 cm³/mol. The van der Waals surface area contributed by atoms with Gasteiger partial charge in [-0.1, -0.05) is 52.0 Å². The number of hydrogen-bond donors (Lipinski definition) is 3. The van der Waals surface area contributed by atoms with Gasteiger partial charge in [0.15, 0.2) is 6.23 Å². The summed E-state index contributed by atoms with van der Waals surface area (Å²) in [6.07, 6.45) is 6.94. The summed E-state index contributed by atoms with van der Waals surface area (Å²) in [5, 5.41) is 21.8. The maximum atomic E-state index is 12.3. The van der Waals surface area contributed by atoms with E-state index in [0.29, 0.717) is 6.42 Å². The third-order valence-electron chi connectivity index (χ3n) is 4.89. The van der Waals surface area contributed by atoms with E-state index in [9.17, 15) is 19.8 Å². The van der Waals surface area contributed by atoms with E-state index in [4.69, 9.17) is 4.74 Å². The zero-order valence-electron chi connectivity index (χ0n) is 16.5. The summed E-state index contributed by atoms with van der Waals surface area (Å²) in [6.45, 7) is 5.53. The highest BCUT2D eigenvalue weighted by molar-refractivity contribution is 5.89. The Morgan fingerprint density at radius 1 is 1.29 bits per heavy atom. The van der Waals surface area contributed by atoms with E-state index in [-0.39, 0.29) is 23.9 Å². The molecule has 1 saturated heterocycles. The van der Waals surface area contributed by atoms with Gasteiger partial charge in [0, 0.05) is 18.2 Å². The third-order valence-corrected chi connectivity index (χ3v) is 4.89. The minimum Gasteiger partial charge on any atom is -0.394 e. The molecule has 0 spiro atoms. The van der Waals surface area contributed by atoms with E-state index in [0.717, 1.165) is 19.3 Å². The maximum Gasteiger partial charge on any atom is 0.351 e. The molecule has 1 amide bonds. The Kier molecular flexibility index (Phi) is 8.82. The molecule has 2 heterocycles. The van der Waals surface area contributed by atoms with Crippen molar-refractivity contribution >= 4 is 11.7 Å². The Morgan fingerprint density at radius 2 is 1.96 bits per heavy atom. The molecule has 1 unspecified atom stereocenters. The van der Waals surface area contributed by atoms with Gasteiger partial charge in [-0.3, -0.25) is 9.36 Å². The molecule has 8 nitrogen and oxygen atoms in total. The van der Waals surface area contributed by atoms with Crippen molar-refractivity contribution in [3.8, 4) is 0 Å². The Morgan fingerprint density at radius 3 is 2.57 bits per heavy atom. The molecule has 1 aromatic rings. The standard InChI is InChI=1S/C20H31N3O5/c1-3-4-5-6-7-8-9-10-17(25)21-16-11-12-23(20(27)22-16)19-14(2)18(26)15(13-24)28-19/h11-12,15,18-19,24,26H,2-10,13H2,1H3,(H,21,22,25,27)/t15-,18?,19-/m1/s1. The minimum absolute atomic E-state index is 0.171. The minimum atomic E-state index is -1.05. The fraction of sp³-hybridized carbons (Fsp3) is 0.650. The molecule has 0 bridgehead atoms. The van der Waals surface area contributed by atoms with E-state index >= 15 is 0 Å². The van der Waals surface area contributed by atoms with Gasteiger partial charge in [0.2, 0.25) is 5.91 Å². The first kappa shape index (κ1) is 22.3. The Hall–Kier alpha value is -2.03. The van der Waals surface area contributed by atoms with Crippen molar-refractivity contribution in [2.45, 2.75) is 76.7 Å². The highest BCUT2D eigenvalue weighted by Gasteiger charge is 2.38. The monoisotopic (exact) mass is 393 g/mol. The van der Waals surface area contributed by atoms with Crippen LogP contribution >= 0.6 is 0 Å². The van der Waals surface area contributed by atoms with Gasteiger partial charge >= 0.3 is 5.69 Å². The summed E-state index contributed by atoms with van der Waals surface area (Å²) in [7, 11) is 0. The number of aliphatic hydroxyl groups is 2. The predicted octanol–water partition coefficient (Wildman–Crippen LogP) is 2.13. The Balaban J connectivity index is 1.83. The first-order valence-corrected chi connectivity index (χ1v) is 10.00. The van der Waals surface area contributed by atoms with Crippen molar-refractivity contribution in [2.75, 3.05) is 11.9 Å². The molecule has 0 radical (unpaired) electrons. The van der Waals surface area contributed by atoms with Crippen LogP contribution in [0, 0.1) is 0 Å². The fourth-order valence-corrected chi connectivity index (χ4v) is 3.21. The summed E-state index contributed by atoms with van der Waals surface area (Å²) < 4.78 is 6.63.